The minimum Gasteiger partial charge on any atom is -0.345 e. The minimum atomic E-state index is -3.54. The summed E-state index contributed by atoms with van der Waals surface area (Å²) in [6.07, 6.45) is 3.15. The molecule has 6 nitrogen and oxygen atoms in total. The quantitative estimate of drug-likeness (QED) is 0.889. The number of nitrogens with zero attached hydrogens (tertiary/aromatic N) is 2. The summed E-state index contributed by atoms with van der Waals surface area (Å²) < 4.78 is 28.1. The molecule has 3 rings (SSSR count). The van der Waals surface area contributed by atoms with Crippen molar-refractivity contribution in [2.24, 2.45) is 5.92 Å². The van der Waals surface area contributed by atoms with Gasteiger partial charge in [0, 0.05) is 36.9 Å². The van der Waals surface area contributed by atoms with Crippen molar-refractivity contribution in [3.63, 3.8) is 0 Å². The van der Waals surface area contributed by atoms with E-state index in [4.69, 9.17) is 0 Å². The molecule has 0 saturated carbocycles. The number of sulfonamides is 1. The smallest absolute Gasteiger partial charge is 0.243 e. The maximum absolute atomic E-state index is 12.6. The maximum atomic E-state index is 12.6. The van der Waals surface area contributed by atoms with E-state index in [1.807, 2.05) is 0 Å². The van der Waals surface area contributed by atoms with E-state index in [1.165, 1.54) is 6.20 Å². The molecule has 1 fully saturated rings. The number of hydrogen-bond acceptors (Lipinski definition) is 4. The summed E-state index contributed by atoms with van der Waals surface area (Å²) in [6, 6.07) is 3.47. The van der Waals surface area contributed by atoms with Gasteiger partial charge in [0.05, 0.1) is 0 Å². The summed E-state index contributed by atoms with van der Waals surface area (Å²) in [5, 5.41) is 0.628. The molecule has 0 radical (unpaired) electrons. The fourth-order valence-corrected chi connectivity index (χ4v) is 4.40. The van der Waals surface area contributed by atoms with E-state index in [-0.39, 0.29) is 10.9 Å². The van der Waals surface area contributed by atoms with E-state index in [9.17, 15) is 8.42 Å². The van der Waals surface area contributed by atoms with Crippen molar-refractivity contribution in [2.45, 2.75) is 24.8 Å². The minimum absolute atomic E-state index is 0.0448. The molecule has 2 atom stereocenters. The van der Waals surface area contributed by atoms with Gasteiger partial charge in [0.2, 0.25) is 10.0 Å². The molecule has 0 spiro atoms. The molecular formula is C14H20N4O2S. The van der Waals surface area contributed by atoms with Gasteiger partial charge in [-0.05, 0) is 24.6 Å². The molecule has 1 aliphatic rings. The molecule has 2 aromatic rings. The lowest BCUT2D eigenvalue weighted by Crippen LogP contribution is -2.39. The zero-order valence-corrected chi connectivity index (χ0v) is 13.0. The summed E-state index contributed by atoms with van der Waals surface area (Å²) >= 11 is 0. The normalized spacial score (nSPS) is 23.9. The molecule has 1 saturated heterocycles. The molecular weight excluding hydrogens is 288 g/mol. The van der Waals surface area contributed by atoms with Gasteiger partial charge < -0.3 is 9.88 Å². The Bertz CT molecular complexity index is 740. The number of fused-ring (bicyclic) bond motifs is 1. The van der Waals surface area contributed by atoms with Crippen LogP contribution < -0.4 is 4.72 Å². The summed E-state index contributed by atoms with van der Waals surface area (Å²) in [5.41, 5.74) is 0.590. The number of nitrogens with one attached hydrogen (secondary N) is 2. The van der Waals surface area contributed by atoms with Crippen LogP contribution in [0.25, 0.3) is 11.0 Å². The van der Waals surface area contributed by atoms with Gasteiger partial charge in [-0.1, -0.05) is 13.8 Å². The molecule has 1 aliphatic heterocycles. The summed E-state index contributed by atoms with van der Waals surface area (Å²) in [7, 11) is -3.54. The van der Waals surface area contributed by atoms with Crippen LogP contribution in [0.1, 0.15) is 13.8 Å². The molecule has 0 bridgehead atoms. The summed E-state index contributed by atoms with van der Waals surface area (Å²) in [5.74, 6) is 0.308. The van der Waals surface area contributed by atoms with Crippen LogP contribution in [-0.2, 0) is 10.0 Å². The zero-order valence-electron chi connectivity index (χ0n) is 12.2. The largest absolute Gasteiger partial charge is 0.345 e. The van der Waals surface area contributed by atoms with Crippen molar-refractivity contribution in [1.29, 1.82) is 0 Å². The van der Waals surface area contributed by atoms with Crippen molar-refractivity contribution in [3.8, 4) is 0 Å². The molecule has 114 valence electrons. The molecule has 21 heavy (non-hydrogen) atoms. The highest BCUT2D eigenvalue weighted by atomic mass is 32.2. The highest BCUT2D eigenvalue weighted by molar-refractivity contribution is 7.89. The van der Waals surface area contributed by atoms with Crippen LogP contribution in [0, 0.1) is 5.92 Å². The van der Waals surface area contributed by atoms with Crippen LogP contribution in [0.2, 0.25) is 0 Å². The Kier molecular flexibility index (Phi) is 3.73. The van der Waals surface area contributed by atoms with Crippen molar-refractivity contribution < 1.29 is 8.42 Å². The second-order valence-electron chi connectivity index (χ2n) is 5.61. The van der Waals surface area contributed by atoms with Gasteiger partial charge in [-0.2, -0.15) is 0 Å². The molecule has 2 aromatic heterocycles. The lowest BCUT2D eigenvalue weighted by atomic mass is 10.1. The van der Waals surface area contributed by atoms with Crippen molar-refractivity contribution in [2.75, 3.05) is 19.6 Å². The van der Waals surface area contributed by atoms with Gasteiger partial charge in [-0.25, -0.2) is 18.1 Å². The number of aromatic amines is 1. The summed E-state index contributed by atoms with van der Waals surface area (Å²) in [4.78, 5) is 9.57. The van der Waals surface area contributed by atoms with Gasteiger partial charge in [0.25, 0.3) is 0 Å². The first-order valence-electron chi connectivity index (χ1n) is 7.18. The number of likely N-dealkylation sites (N-methyl/N-ethyl adjacent to an activating group) is 1. The first-order valence-corrected chi connectivity index (χ1v) is 8.66. The van der Waals surface area contributed by atoms with Crippen LogP contribution in [0.5, 0.6) is 0 Å². The highest BCUT2D eigenvalue weighted by Crippen LogP contribution is 2.23. The first-order chi connectivity index (χ1) is 10.0. The monoisotopic (exact) mass is 308 g/mol. The molecule has 3 heterocycles. The average molecular weight is 308 g/mol. The number of rotatable bonds is 4. The van der Waals surface area contributed by atoms with Crippen molar-refractivity contribution in [3.05, 3.63) is 24.5 Å². The second-order valence-corrected chi connectivity index (χ2v) is 7.29. The molecule has 0 aromatic carbocycles. The van der Waals surface area contributed by atoms with E-state index in [2.05, 4.69) is 33.4 Å². The lowest BCUT2D eigenvalue weighted by molar-refractivity contribution is 0.344. The third kappa shape index (κ3) is 2.68. The standard InChI is InChI=1S/C14H20N4O2S/c1-3-18-8-10(2)12(9-18)17-21(19,20)13-7-16-14-11(13)5-4-6-15-14/h4-7,10,12,17H,3,8-9H2,1-2H3,(H,15,16)/t10-,12+/m0/s1. The predicted molar refractivity (Wildman–Crippen MR) is 81.5 cm³/mol. The Labute approximate surface area is 124 Å². The number of likely N-dealkylation sites (tertiary alicyclic amines) is 1. The number of aromatic nitrogens is 2. The third-order valence-corrected chi connectivity index (χ3v) is 5.67. The fraction of sp³-hybridized carbons (Fsp3) is 0.500. The fourth-order valence-electron chi connectivity index (χ4n) is 2.89. The van der Waals surface area contributed by atoms with Gasteiger partial charge in [-0.3, -0.25) is 0 Å². The predicted octanol–water partition coefficient (Wildman–Crippen LogP) is 1.18. The molecule has 2 N–H and O–H groups in total. The Morgan fingerprint density at radius 2 is 2.29 bits per heavy atom. The third-order valence-electron chi connectivity index (χ3n) is 4.14. The first kappa shape index (κ1) is 14.5. The Balaban J connectivity index is 1.88. The molecule has 0 aliphatic carbocycles. The van der Waals surface area contributed by atoms with Crippen LogP contribution in [0.3, 0.4) is 0 Å². The van der Waals surface area contributed by atoms with Gasteiger partial charge in [-0.15, -0.1) is 0 Å². The SMILES string of the molecule is CCN1C[C@H](C)[C@H](NS(=O)(=O)c2c[nH]c3ncccc23)C1. The van der Waals surface area contributed by atoms with E-state index < -0.39 is 10.0 Å². The number of pyridine rings is 1. The van der Waals surface area contributed by atoms with Gasteiger partial charge in [0.1, 0.15) is 10.5 Å². The Morgan fingerprint density at radius 1 is 1.48 bits per heavy atom. The molecule has 7 heteroatoms. The molecule has 0 amide bonds. The van der Waals surface area contributed by atoms with Crippen LogP contribution >= 0.6 is 0 Å². The second kappa shape index (κ2) is 5.40. The van der Waals surface area contributed by atoms with E-state index in [0.717, 1.165) is 19.6 Å². The van der Waals surface area contributed by atoms with Gasteiger partial charge in [0.15, 0.2) is 0 Å². The van der Waals surface area contributed by atoms with E-state index >= 15 is 0 Å². The van der Waals surface area contributed by atoms with Crippen LogP contribution in [-0.4, -0.2) is 49.0 Å². The lowest BCUT2D eigenvalue weighted by Gasteiger charge is -2.16. The van der Waals surface area contributed by atoms with Crippen molar-refractivity contribution in [1.82, 2.24) is 19.6 Å². The Morgan fingerprint density at radius 3 is 3.00 bits per heavy atom. The average Bonchev–Trinajstić information content (AvgIpc) is 3.03. The Hall–Kier alpha value is -1.44. The van der Waals surface area contributed by atoms with Crippen LogP contribution in [0.4, 0.5) is 0 Å². The maximum Gasteiger partial charge on any atom is 0.243 e. The van der Waals surface area contributed by atoms with Crippen LogP contribution in [0.15, 0.2) is 29.4 Å². The highest BCUT2D eigenvalue weighted by Gasteiger charge is 2.33. The topological polar surface area (TPSA) is 78.1 Å². The molecule has 0 unspecified atom stereocenters. The van der Waals surface area contributed by atoms with Gasteiger partial charge >= 0.3 is 0 Å². The number of hydrogen-bond donors (Lipinski definition) is 2. The zero-order chi connectivity index (χ0) is 15.0. The van der Waals surface area contributed by atoms with Crippen molar-refractivity contribution >= 4 is 21.1 Å². The number of H-pyrrole nitrogens is 1. The summed E-state index contributed by atoms with van der Waals surface area (Å²) in [6.45, 7) is 6.81. The van der Waals surface area contributed by atoms with E-state index in [0.29, 0.717) is 17.0 Å². The van der Waals surface area contributed by atoms with E-state index in [1.54, 1.807) is 18.3 Å².